The predicted octanol–water partition coefficient (Wildman–Crippen LogP) is -0.966. The second-order valence-corrected chi connectivity index (χ2v) is 9.00. The minimum absolute atomic E-state index is 0.298. The van der Waals surface area contributed by atoms with E-state index in [0.717, 1.165) is 5.75 Å². The van der Waals surface area contributed by atoms with Crippen LogP contribution >= 0.6 is 11.8 Å². The molecular formula is C20H35N5O6S. The molecule has 1 rings (SSSR count). The molecule has 4 amide bonds. The van der Waals surface area contributed by atoms with E-state index >= 15 is 0 Å². The van der Waals surface area contributed by atoms with E-state index in [1.165, 1.54) is 4.90 Å². The molecule has 0 bridgehead atoms. The average Bonchev–Trinajstić information content (AvgIpc) is 3.23. The second-order valence-electron chi connectivity index (χ2n) is 8.02. The summed E-state index contributed by atoms with van der Waals surface area (Å²) in [5.41, 5.74) is 11.1. The number of nitrogens with one attached hydrogen (secondary N) is 2. The Hall–Kier alpha value is -2.34. The van der Waals surface area contributed by atoms with Crippen LogP contribution in [0.1, 0.15) is 46.0 Å². The molecule has 182 valence electrons. The third-order valence-corrected chi connectivity index (χ3v) is 6.25. The number of aliphatic carboxylic acids is 1. The number of rotatable bonds is 13. The van der Waals surface area contributed by atoms with Crippen LogP contribution in [0.3, 0.4) is 0 Å². The Kier molecular flexibility index (Phi) is 11.5. The lowest BCUT2D eigenvalue weighted by Crippen LogP contribution is -2.58. The van der Waals surface area contributed by atoms with E-state index in [0.29, 0.717) is 32.2 Å². The normalized spacial score (nSPS) is 19.5. The smallest absolute Gasteiger partial charge is 0.326 e. The van der Waals surface area contributed by atoms with E-state index in [1.54, 1.807) is 18.7 Å². The molecule has 1 fully saturated rings. The molecule has 5 unspecified atom stereocenters. The van der Waals surface area contributed by atoms with Gasteiger partial charge in [0.25, 0.3) is 0 Å². The van der Waals surface area contributed by atoms with Crippen molar-refractivity contribution in [1.29, 1.82) is 0 Å². The maximum absolute atomic E-state index is 13.0. The highest BCUT2D eigenvalue weighted by Crippen LogP contribution is 2.20. The SMILES string of the molecule is CCC(C)C(NC(=O)C1CCCN1C(=O)C(N)CCSC)C(=O)NC(CC(N)=O)C(=O)O. The zero-order valence-corrected chi connectivity index (χ0v) is 19.7. The highest BCUT2D eigenvalue weighted by Gasteiger charge is 2.38. The monoisotopic (exact) mass is 473 g/mol. The Morgan fingerprint density at radius 2 is 1.88 bits per heavy atom. The lowest BCUT2D eigenvalue weighted by atomic mass is 9.97. The number of carboxylic acid groups (broad SMARTS) is 1. The molecule has 1 aliphatic heterocycles. The third kappa shape index (κ3) is 7.97. The van der Waals surface area contributed by atoms with Gasteiger partial charge in [0.05, 0.1) is 12.5 Å². The van der Waals surface area contributed by atoms with Gasteiger partial charge in [0, 0.05) is 6.54 Å². The van der Waals surface area contributed by atoms with Gasteiger partial charge in [-0.1, -0.05) is 20.3 Å². The fourth-order valence-corrected chi connectivity index (χ4v) is 3.99. The van der Waals surface area contributed by atoms with Crippen molar-refractivity contribution in [2.75, 3.05) is 18.6 Å². The Balaban J connectivity index is 2.92. The van der Waals surface area contributed by atoms with Gasteiger partial charge < -0.3 is 32.1 Å². The number of carbonyl (C=O) groups excluding carboxylic acids is 4. The number of thioether (sulfide) groups is 1. The Labute approximate surface area is 192 Å². The van der Waals surface area contributed by atoms with Gasteiger partial charge in [0.15, 0.2) is 0 Å². The minimum atomic E-state index is -1.50. The molecule has 1 heterocycles. The summed E-state index contributed by atoms with van der Waals surface area (Å²) in [5.74, 6) is -3.39. The van der Waals surface area contributed by atoms with E-state index in [-0.39, 0.29) is 11.8 Å². The summed E-state index contributed by atoms with van der Waals surface area (Å²) in [7, 11) is 0. The van der Waals surface area contributed by atoms with Crippen LogP contribution in [-0.2, 0) is 24.0 Å². The van der Waals surface area contributed by atoms with Gasteiger partial charge in [-0.2, -0.15) is 11.8 Å². The highest BCUT2D eigenvalue weighted by atomic mass is 32.2. The van der Waals surface area contributed by atoms with Crippen molar-refractivity contribution in [1.82, 2.24) is 15.5 Å². The van der Waals surface area contributed by atoms with E-state index in [4.69, 9.17) is 11.5 Å². The first-order chi connectivity index (χ1) is 15.0. The maximum atomic E-state index is 13.0. The molecule has 0 aromatic heterocycles. The van der Waals surface area contributed by atoms with Crippen LogP contribution in [-0.4, -0.2) is 82.3 Å². The highest BCUT2D eigenvalue weighted by molar-refractivity contribution is 7.98. The standard InChI is InChI=1S/C20H35N5O6S/c1-4-11(2)16(18(28)23-13(20(30)31)10-15(22)26)24-17(27)14-6-5-8-25(14)19(29)12(21)7-9-32-3/h11-14,16H,4-10,21H2,1-3H3,(H2,22,26)(H,23,28)(H,24,27)(H,30,31). The first-order valence-electron chi connectivity index (χ1n) is 10.7. The molecule has 0 radical (unpaired) electrons. The van der Waals surface area contributed by atoms with Crippen molar-refractivity contribution in [3.63, 3.8) is 0 Å². The topological polar surface area (TPSA) is 185 Å². The quantitative estimate of drug-likeness (QED) is 0.226. The largest absolute Gasteiger partial charge is 0.480 e. The molecule has 1 aliphatic rings. The van der Waals surface area contributed by atoms with Crippen molar-refractivity contribution in [3.8, 4) is 0 Å². The molecule has 0 aromatic carbocycles. The summed E-state index contributed by atoms with van der Waals surface area (Å²) in [5, 5.41) is 14.2. The van der Waals surface area contributed by atoms with Gasteiger partial charge in [-0.3, -0.25) is 19.2 Å². The molecule has 1 saturated heterocycles. The van der Waals surface area contributed by atoms with E-state index in [2.05, 4.69) is 10.6 Å². The summed E-state index contributed by atoms with van der Waals surface area (Å²) in [4.78, 5) is 62.4. The van der Waals surface area contributed by atoms with Crippen LogP contribution in [0.25, 0.3) is 0 Å². The number of nitrogens with two attached hydrogens (primary N) is 2. The first kappa shape index (κ1) is 27.7. The fourth-order valence-electron chi connectivity index (χ4n) is 3.50. The van der Waals surface area contributed by atoms with E-state index in [9.17, 15) is 29.1 Å². The number of amides is 4. The van der Waals surface area contributed by atoms with Crippen molar-refractivity contribution >= 4 is 41.4 Å². The predicted molar refractivity (Wildman–Crippen MR) is 120 cm³/mol. The molecule has 0 spiro atoms. The van der Waals surface area contributed by atoms with Crippen LogP contribution in [0.5, 0.6) is 0 Å². The maximum Gasteiger partial charge on any atom is 0.326 e. The zero-order chi connectivity index (χ0) is 24.4. The molecule has 0 aliphatic carbocycles. The number of likely N-dealkylation sites (tertiary alicyclic amines) is 1. The van der Waals surface area contributed by atoms with Crippen molar-refractivity contribution < 1.29 is 29.1 Å². The number of carboxylic acids is 1. The number of nitrogens with zero attached hydrogens (tertiary/aromatic N) is 1. The second kappa shape index (κ2) is 13.3. The van der Waals surface area contributed by atoms with Crippen LogP contribution < -0.4 is 22.1 Å². The molecule has 0 aromatic rings. The fraction of sp³-hybridized carbons (Fsp3) is 0.750. The van der Waals surface area contributed by atoms with Gasteiger partial charge >= 0.3 is 5.97 Å². The number of hydrogen-bond donors (Lipinski definition) is 5. The average molecular weight is 474 g/mol. The first-order valence-corrected chi connectivity index (χ1v) is 12.1. The molecule has 5 atom stereocenters. The third-order valence-electron chi connectivity index (χ3n) is 5.60. The summed E-state index contributed by atoms with van der Waals surface area (Å²) in [6.07, 6.45) is 3.46. The van der Waals surface area contributed by atoms with Crippen LogP contribution in [0, 0.1) is 5.92 Å². The van der Waals surface area contributed by atoms with Crippen LogP contribution in [0.2, 0.25) is 0 Å². The summed E-state index contributed by atoms with van der Waals surface area (Å²) in [6.45, 7) is 3.97. The Morgan fingerprint density at radius 3 is 2.41 bits per heavy atom. The van der Waals surface area contributed by atoms with E-state index in [1.807, 2.05) is 13.2 Å². The summed E-state index contributed by atoms with van der Waals surface area (Å²) >= 11 is 1.58. The molecule has 0 saturated carbocycles. The number of primary amides is 1. The minimum Gasteiger partial charge on any atom is -0.480 e. The molecule has 32 heavy (non-hydrogen) atoms. The van der Waals surface area contributed by atoms with Gasteiger partial charge in [0.2, 0.25) is 23.6 Å². The van der Waals surface area contributed by atoms with Gasteiger partial charge in [-0.25, -0.2) is 4.79 Å². The molecule has 11 nitrogen and oxygen atoms in total. The van der Waals surface area contributed by atoms with E-state index < -0.39 is 54.3 Å². The number of carbonyl (C=O) groups is 5. The van der Waals surface area contributed by atoms with Crippen molar-refractivity contribution in [2.45, 2.75) is 70.1 Å². The van der Waals surface area contributed by atoms with Crippen LogP contribution in [0.15, 0.2) is 0 Å². The lowest BCUT2D eigenvalue weighted by Gasteiger charge is -2.30. The van der Waals surface area contributed by atoms with Gasteiger partial charge in [-0.15, -0.1) is 0 Å². The zero-order valence-electron chi connectivity index (χ0n) is 18.8. The Bertz CT molecular complexity index is 706. The molecule has 12 heteroatoms. The summed E-state index contributed by atoms with van der Waals surface area (Å²) in [6, 6.07) is -3.98. The number of hydrogen-bond acceptors (Lipinski definition) is 7. The lowest BCUT2D eigenvalue weighted by molar-refractivity contribution is -0.144. The van der Waals surface area contributed by atoms with Crippen molar-refractivity contribution in [3.05, 3.63) is 0 Å². The van der Waals surface area contributed by atoms with Gasteiger partial charge in [-0.05, 0) is 37.2 Å². The van der Waals surface area contributed by atoms with Crippen molar-refractivity contribution in [2.24, 2.45) is 17.4 Å². The summed E-state index contributed by atoms with van der Waals surface area (Å²) < 4.78 is 0. The van der Waals surface area contributed by atoms with Gasteiger partial charge in [0.1, 0.15) is 18.1 Å². The Morgan fingerprint density at radius 1 is 1.22 bits per heavy atom. The van der Waals surface area contributed by atoms with Crippen LogP contribution in [0.4, 0.5) is 0 Å². The molecule has 7 N–H and O–H groups in total. The molecular weight excluding hydrogens is 438 g/mol.